The molecule has 6 atom stereocenters. The number of allylic oxidation sites excluding steroid dienone is 1. The summed E-state index contributed by atoms with van der Waals surface area (Å²) in [5.41, 5.74) is 0. The van der Waals surface area contributed by atoms with E-state index in [0.29, 0.717) is 19.3 Å². The van der Waals surface area contributed by atoms with E-state index in [0.717, 1.165) is 38.5 Å². The van der Waals surface area contributed by atoms with Gasteiger partial charge in [-0.25, -0.2) is 0 Å². The van der Waals surface area contributed by atoms with Crippen LogP contribution in [0.4, 0.5) is 0 Å². The fourth-order valence-electron chi connectivity index (χ4n) is 6.29. The first-order valence-electron chi connectivity index (χ1n) is 19.1. The summed E-state index contributed by atoms with van der Waals surface area (Å²) in [6.07, 6.45) is 27.9. The number of ether oxygens (including phenoxy) is 2. The van der Waals surface area contributed by atoms with Crippen LogP contribution in [0.2, 0.25) is 0 Å². The molecule has 0 unspecified atom stereocenters. The van der Waals surface area contributed by atoms with Gasteiger partial charge in [0.05, 0.1) is 24.7 Å². The van der Waals surface area contributed by atoms with Crippen molar-refractivity contribution in [3.63, 3.8) is 0 Å². The first kappa shape index (κ1) is 43.3. The molecular formula is C39H70O8. The third-order valence-corrected chi connectivity index (χ3v) is 9.29. The van der Waals surface area contributed by atoms with Crippen LogP contribution in [0.5, 0.6) is 0 Å². The highest BCUT2D eigenvalue weighted by Gasteiger charge is 2.39. The van der Waals surface area contributed by atoms with Crippen LogP contribution in [0.15, 0.2) is 24.3 Å². The highest BCUT2D eigenvalue weighted by molar-refractivity contribution is 5.71. The van der Waals surface area contributed by atoms with Gasteiger partial charge < -0.3 is 29.9 Å². The van der Waals surface area contributed by atoms with Crippen LogP contribution in [0, 0.1) is 11.8 Å². The normalized spacial score (nSPS) is 21.1. The van der Waals surface area contributed by atoms with Gasteiger partial charge in [0.15, 0.2) is 0 Å². The molecule has 0 aromatic carbocycles. The zero-order chi connectivity index (χ0) is 34.5. The minimum absolute atomic E-state index is 0.00766. The van der Waals surface area contributed by atoms with Crippen molar-refractivity contribution in [2.75, 3.05) is 13.2 Å². The third kappa shape index (κ3) is 23.3. The fraction of sp³-hybridized carbons (Fsp3) is 0.846. The average Bonchev–Trinajstić information content (AvgIpc) is 3.32. The lowest BCUT2D eigenvalue weighted by Gasteiger charge is -2.19. The number of aliphatic hydroxyl groups is 4. The minimum atomic E-state index is -1.08. The van der Waals surface area contributed by atoms with E-state index in [9.17, 15) is 30.0 Å². The number of unbranched alkanes of at least 4 members (excludes halogenated alkanes) is 16. The van der Waals surface area contributed by atoms with Crippen LogP contribution in [-0.2, 0) is 19.1 Å². The van der Waals surface area contributed by atoms with E-state index in [1.165, 1.54) is 77.0 Å². The molecule has 0 amide bonds. The summed E-state index contributed by atoms with van der Waals surface area (Å²) in [7, 11) is 0. The monoisotopic (exact) mass is 667 g/mol. The Morgan fingerprint density at radius 1 is 0.681 bits per heavy atom. The molecule has 274 valence electrons. The van der Waals surface area contributed by atoms with E-state index >= 15 is 0 Å². The number of hydrogen-bond donors (Lipinski definition) is 4. The molecule has 0 radical (unpaired) electrons. The van der Waals surface area contributed by atoms with Crippen molar-refractivity contribution >= 4 is 11.9 Å². The number of aliphatic hydroxyl groups excluding tert-OH is 4. The van der Waals surface area contributed by atoms with Gasteiger partial charge in [-0.3, -0.25) is 9.59 Å². The van der Waals surface area contributed by atoms with Gasteiger partial charge in [0.25, 0.3) is 0 Å². The maximum Gasteiger partial charge on any atom is 0.309 e. The van der Waals surface area contributed by atoms with E-state index < -0.39 is 30.4 Å². The van der Waals surface area contributed by atoms with E-state index in [1.54, 1.807) is 18.2 Å². The highest BCUT2D eigenvalue weighted by atomic mass is 16.6. The van der Waals surface area contributed by atoms with E-state index in [4.69, 9.17) is 9.47 Å². The number of rotatable bonds is 30. The highest BCUT2D eigenvalue weighted by Crippen LogP contribution is 2.36. The van der Waals surface area contributed by atoms with Gasteiger partial charge in [0.1, 0.15) is 19.3 Å². The van der Waals surface area contributed by atoms with Crippen LogP contribution in [0.25, 0.3) is 0 Å². The molecule has 0 heterocycles. The number of carbonyl (C=O) groups excluding carboxylic acids is 2. The molecule has 1 rings (SSSR count). The van der Waals surface area contributed by atoms with Crippen LogP contribution in [0.3, 0.4) is 0 Å². The first-order chi connectivity index (χ1) is 22.8. The van der Waals surface area contributed by atoms with Crippen molar-refractivity contribution in [3.8, 4) is 0 Å². The molecule has 0 bridgehead atoms. The summed E-state index contributed by atoms with van der Waals surface area (Å²) in [4.78, 5) is 24.1. The van der Waals surface area contributed by atoms with E-state index in [2.05, 4.69) is 13.8 Å². The minimum Gasteiger partial charge on any atom is -0.463 e. The lowest BCUT2D eigenvalue weighted by molar-refractivity contribution is -0.151. The summed E-state index contributed by atoms with van der Waals surface area (Å²) >= 11 is 0. The lowest BCUT2D eigenvalue weighted by Crippen LogP contribution is -2.25. The van der Waals surface area contributed by atoms with Gasteiger partial charge in [0, 0.05) is 18.8 Å². The molecule has 0 spiro atoms. The molecule has 1 aliphatic carbocycles. The van der Waals surface area contributed by atoms with Crippen molar-refractivity contribution in [1.82, 2.24) is 0 Å². The third-order valence-electron chi connectivity index (χ3n) is 9.29. The van der Waals surface area contributed by atoms with Crippen LogP contribution in [0.1, 0.15) is 162 Å². The Labute approximate surface area is 286 Å². The molecule has 1 saturated carbocycles. The van der Waals surface area contributed by atoms with Crippen molar-refractivity contribution in [1.29, 1.82) is 0 Å². The van der Waals surface area contributed by atoms with Crippen LogP contribution >= 0.6 is 0 Å². The van der Waals surface area contributed by atoms with Gasteiger partial charge in [-0.15, -0.1) is 0 Å². The molecule has 4 N–H and O–H groups in total. The standard InChI is InChI=1S/C39H70O8/c1-3-5-7-8-9-10-11-12-13-14-15-16-17-18-20-25-38(44)46-30-33(41)31-47-39(45)26-22-21-24-34-35(37(43)29-36(34)42)28-27-32(40)23-19-6-4-2/h21-22,27-28,32-37,40-43H,3-20,23-26,29-31H2,1-2H3/b22-21-,28-27+/t32-,33+,34+,35-,36+,37-/m1/s1. The topological polar surface area (TPSA) is 134 Å². The number of esters is 2. The predicted octanol–water partition coefficient (Wildman–Crippen LogP) is 7.89. The quantitative estimate of drug-likeness (QED) is 0.0346. The summed E-state index contributed by atoms with van der Waals surface area (Å²) in [5.74, 6) is -1.32. The SMILES string of the molecule is CCCCCCCCCCCCCCCCCC(=O)OC[C@H](O)COC(=O)C/C=C\C[C@H]1[C@@H](/C=C/[C@H](O)CCCCC)[C@H](O)C[C@@H]1O. The maximum absolute atomic E-state index is 12.1. The molecule has 8 nitrogen and oxygen atoms in total. The Kier molecular flexibility index (Phi) is 26.9. The predicted molar refractivity (Wildman–Crippen MR) is 189 cm³/mol. The van der Waals surface area contributed by atoms with Crippen molar-refractivity contribution in [2.24, 2.45) is 11.8 Å². The second kappa shape index (κ2) is 29.2. The zero-order valence-corrected chi connectivity index (χ0v) is 29.9. The van der Waals surface area contributed by atoms with Crippen LogP contribution < -0.4 is 0 Å². The Morgan fingerprint density at radius 2 is 1.19 bits per heavy atom. The van der Waals surface area contributed by atoms with Crippen LogP contribution in [-0.4, -0.2) is 70.0 Å². The maximum atomic E-state index is 12.1. The second-order valence-electron chi connectivity index (χ2n) is 13.7. The molecular weight excluding hydrogens is 596 g/mol. The summed E-state index contributed by atoms with van der Waals surface area (Å²) in [6.45, 7) is 3.92. The average molecular weight is 667 g/mol. The molecule has 8 heteroatoms. The Hall–Kier alpha value is -1.74. The number of hydrogen-bond acceptors (Lipinski definition) is 8. The van der Waals surface area contributed by atoms with Gasteiger partial charge in [-0.05, 0) is 25.2 Å². The largest absolute Gasteiger partial charge is 0.463 e. The van der Waals surface area contributed by atoms with E-state index in [-0.39, 0.29) is 43.9 Å². The molecule has 1 aliphatic rings. The summed E-state index contributed by atoms with van der Waals surface area (Å²) in [6, 6.07) is 0. The van der Waals surface area contributed by atoms with Crippen molar-refractivity contribution in [2.45, 2.75) is 186 Å². The van der Waals surface area contributed by atoms with Crippen molar-refractivity contribution < 1.29 is 39.5 Å². The summed E-state index contributed by atoms with van der Waals surface area (Å²) in [5, 5.41) is 41.0. The Bertz CT molecular complexity index is 828. The number of carbonyl (C=O) groups is 2. The zero-order valence-electron chi connectivity index (χ0n) is 29.9. The molecule has 1 fully saturated rings. The van der Waals surface area contributed by atoms with Gasteiger partial charge in [-0.2, -0.15) is 0 Å². The first-order valence-corrected chi connectivity index (χ1v) is 19.1. The molecule has 0 aromatic rings. The second-order valence-corrected chi connectivity index (χ2v) is 13.7. The van der Waals surface area contributed by atoms with Gasteiger partial charge in [0.2, 0.25) is 0 Å². The molecule has 47 heavy (non-hydrogen) atoms. The van der Waals surface area contributed by atoms with Gasteiger partial charge in [-0.1, -0.05) is 147 Å². The lowest BCUT2D eigenvalue weighted by atomic mass is 9.89. The van der Waals surface area contributed by atoms with E-state index in [1.807, 2.05) is 6.08 Å². The molecule has 0 aliphatic heterocycles. The summed E-state index contributed by atoms with van der Waals surface area (Å²) < 4.78 is 10.2. The molecule has 0 aromatic heterocycles. The Balaban J connectivity index is 2.07. The molecule has 0 saturated heterocycles. The van der Waals surface area contributed by atoms with Gasteiger partial charge >= 0.3 is 11.9 Å². The smallest absolute Gasteiger partial charge is 0.309 e. The van der Waals surface area contributed by atoms with Crippen molar-refractivity contribution in [3.05, 3.63) is 24.3 Å². The fourth-order valence-corrected chi connectivity index (χ4v) is 6.29. The Morgan fingerprint density at radius 3 is 1.77 bits per heavy atom.